The van der Waals surface area contributed by atoms with Crippen molar-refractivity contribution in [3.05, 3.63) is 64.7 Å². The number of anilines is 2. The molecule has 2 amide bonds. The van der Waals surface area contributed by atoms with Crippen LogP contribution < -0.4 is 10.6 Å². The molecule has 30 heavy (non-hydrogen) atoms. The Morgan fingerprint density at radius 1 is 1.20 bits per heavy atom. The number of hydrogen-bond donors (Lipinski definition) is 2. The minimum Gasteiger partial charge on any atom is -0.326 e. The smallest absolute Gasteiger partial charge is 0.306 e. The van der Waals surface area contributed by atoms with Gasteiger partial charge >= 0.3 is 5.69 Å². The lowest BCUT2D eigenvalue weighted by Crippen LogP contribution is -2.24. The first-order valence-electron chi connectivity index (χ1n) is 9.28. The normalized spacial score (nSPS) is 11.7. The molecule has 0 saturated carbocycles. The third kappa shape index (κ3) is 4.87. The van der Waals surface area contributed by atoms with Crippen LogP contribution in [0.1, 0.15) is 24.3 Å². The van der Waals surface area contributed by atoms with Gasteiger partial charge in [0.2, 0.25) is 5.91 Å². The standard InChI is InChI=1S/C19H21N7O4/c1-3-25-17(7-8-20-25)19(28)23-15-6-4-5-14(9-15)22-18(27)13(2)11-24-12-16(10-21-24)26(29)30/h4-10,12-13H,3,11H2,1-2H3,(H,22,27)(H,23,28). The highest BCUT2D eigenvalue weighted by Gasteiger charge is 2.17. The van der Waals surface area contributed by atoms with Crippen molar-refractivity contribution in [2.45, 2.75) is 26.9 Å². The molecule has 0 fully saturated rings. The maximum Gasteiger partial charge on any atom is 0.306 e. The van der Waals surface area contributed by atoms with E-state index in [1.165, 1.54) is 10.9 Å². The Morgan fingerprint density at radius 2 is 1.93 bits per heavy atom. The average molecular weight is 411 g/mol. The third-order valence-corrected chi connectivity index (χ3v) is 4.38. The number of amides is 2. The van der Waals surface area contributed by atoms with E-state index in [4.69, 9.17) is 0 Å². The molecule has 11 nitrogen and oxygen atoms in total. The van der Waals surface area contributed by atoms with Crippen molar-refractivity contribution in [3.8, 4) is 0 Å². The molecular formula is C19H21N7O4. The van der Waals surface area contributed by atoms with E-state index in [2.05, 4.69) is 20.8 Å². The molecule has 3 aromatic rings. The molecule has 2 aromatic heterocycles. The quantitative estimate of drug-likeness (QED) is 0.432. The van der Waals surface area contributed by atoms with Gasteiger partial charge in [-0.25, -0.2) is 0 Å². The Morgan fingerprint density at radius 3 is 2.60 bits per heavy atom. The molecule has 1 atom stereocenters. The van der Waals surface area contributed by atoms with E-state index in [1.807, 2.05) is 6.92 Å². The number of nitrogens with one attached hydrogen (secondary N) is 2. The summed E-state index contributed by atoms with van der Waals surface area (Å²) in [5.41, 5.74) is 1.35. The van der Waals surface area contributed by atoms with Crippen LogP contribution in [-0.2, 0) is 17.9 Å². The number of aryl methyl sites for hydroxylation is 1. The Kier molecular flexibility index (Phi) is 6.20. The molecular weight excluding hydrogens is 390 g/mol. The van der Waals surface area contributed by atoms with Crippen molar-refractivity contribution >= 4 is 28.9 Å². The number of carbonyl (C=O) groups is 2. The molecule has 0 aliphatic rings. The second-order valence-corrected chi connectivity index (χ2v) is 6.64. The predicted molar refractivity (Wildman–Crippen MR) is 109 cm³/mol. The van der Waals surface area contributed by atoms with Gasteiger partial charge in [0.05, 0.1) is 17.4 Å². The van der Waals surface area contributed by atoms with Crippen molar-refractivity contribution in [3.63, 3.8) is 0 Å². The van der Waals surface area contributed by atoms with Crippen LogP contribution in [0, 0.1) is 16.0 Å². The number of nitrogens with zero attached hydrogens (tertiary/aromatic N) is 5. The molecule has 1 aromatic carbocycles. The zero-order chi connectivity index (χ0) is 21.7. The van der Waals surface area contributed by atoms with Gasteiger partial charge in [-0.1, -0.05) is 13.0 Å². The van der Waals surface area contributed by atoms with Crippen LogP contribution in [0.4, 0.5) is 17.1 Å². The lowest BCUT2D eigenvalue weighted by molar-refractivity contribution is -0.385. The maximum absolute atomic E-state index is 12.5. The van der Waals surface area contributed by atoms with Crippen LogP contribution in [0.2, 0.25) is 0 Å². The fourth-order valence-electron chi connectivity index (χ4n) is 2.82. The minimum absolute atomic E-state index is 0.129. The van der Waals surface area contributed by atoms with Gasteiger partial charge in [-0.2, -0.15) is 10.2 Å². The maximum atomic E-state index is 12.5. The highest BCUT2D eigenvalue weighted by Crippen LogP contribution is 2.18. The van der Waals surface area contributed by atoms with E-state index >= 15 is 0 Å². The molecule has 2 heterocycles. The molecule has 1 unspecified atom stereocenters. The van der Waals surface area contributed by atoms with Gasteiger partial charge < -0.3 is 10.6 Å². The van der Waals surface area contributed by atoms with Crippen LogP contribution in [0.3, 0.4) is 0 Å². The summed E-state index contributed by atoms with van der Waals surface area (Å²) in [7, 11) is 0. The van der Waals surface area contributed by atoms with Crippen molar-refractivity contribution < 1.29 is 14.5 Å². The predicted octanol–water partition coefficient (Wildman–Crippen LogP) is 2.53. The molecule has 0 saturated heterocycles. The summed E-state index contributed by atoms with van der Waals surface area (Å²) in [6, 6.07) is 8.41. The number of aromatic nitrogens is 4. The van der Waals surface area contributed by atoms with Crippen LogP contribution in [0.5, 0.6) is 0 Å². The topological polar surface area (TPSA) is 137 Å². The van der Waals surface area contributed by atoms with Crippen molar-refractivity contribution in [2.24, 2.45) is 5.92 Å². The first kappa shape index (κ1) is 20.7. The average Bonchev–Trinajstić information content (AvgIpc) is 3.37. The summed E-state index contributed by atoms with van der Waals surface area (Å²) < 4.78 is 2.94. The largest absolute Gasteiger partial charge is 0.326 e. The molecule has 2 N–H and O–H groups in total. The van der Waals surface area contributed by atoms with Gasteiger partial charge in [-0.15, -0.1) is 0 Å². The van der Waals surface area contributed by atoms with Crippen LogP contribution in [0.25, 0.3) is 0 Å². The SMILES string of the molecule is CCn1nccc1C(=O)Nc1cccc(NC(=O)C(C)Cn2cc([N+](=O)[O-])cn2)c1. The van der Waals surface area contributed by atoms with Crippen LogP contribution in [0.15, 0.2) is 48.9 Å². The number of carbonyl (C=O) groups excluding carboxylic acids is 2. The number of hydrogen-bond acceptors (Lipinski definition) is 6. The van der Waals surface area contributed by atoms with Crippen molar-refractivity contribution in [1.82, 2.24) is 19.6 Å². The molecule has 0 bridgehead atoms. The van der Waals surface area contributed by atoms with E-state index < -0.39 is 10.8 Å². The summed E-state index contributed by atoms with van der Waals surface area (Å²) in [5, 5.41) is 24.3. The van der Waals surface area contributed by atoms with Gasteiger partial charge in [-0.05, 0) is 31.2 Å². The first-order valence-corrected chi connectivity index (χ1v) is 9.28. The van der Waals surface area contributed by atoms with E-state index in [-0.39, 0.29) is 24.0 Å². The van der Waals surface area contributed by atoms with Crippen molar-refractivity contribution in [1.29, 1.82) is 0 Å². The van der Waals surface area contributed by atoms with E-state index in [1.54, 1.807) is 48.1 Å². The molecule has 0 spiro atoms. The Hall–Kier alpha value is -4.02. The van der Waals surface area contributed by atoms with Gasteiger partial charge in [-0.3, -0.25) is 29.1 Å². The molecule has 0 aliphatic heterocycles. The van der Waals surface area contributed by atoms with Gasteiger partial charge in [0.15, 0.2) is 0 Å². The zero-order valence-corrected chi connectivity index (χ0v) is 16.5. The molecule has 156 valence electrons. The molecule has 11 heteroatoms. The zero-order valence-electron chi connectivity index (χ0n) is 16.5. The third-order valence-electron chi connectivity index (χ3n) is 4.38. The fourth-order valence-corrected chi connectivity index (χ4v) is 2.82. The van der Waals surface area contributed by atoms with Crippen molar-refractivity contribution in [2.75, 3.05) is 10.6 Å². The van der Waals surface area contributed by atoms with Crippen LogP contribution >= 0.6 is 0 Å². The van der Waals surface area contributed by atoms with Gasteiger partial charge in [0.1, 0.15) is 18.1 Å². The second kappa shape index (κ2) is 8.99. The summed E-state index contributed by atoms with van der Waals surface area (Å²) >= 11 is 0. The second-order valence-electron chi connectivity index (χ2n) is 6.64. The molecule has 3 rings (SSSR count). The summed E-state index contributed by atoms with van der Waals surface area (Å²) in [4.78, 5) is 35.1. The minimum atomic E-state index is -0.540. The molecule has 0 aliphatic carbocycles. The van der Waals surface area contributed by atoms with Gasteiger partial charge in [0.25, 0.3) is 5.91 Å². The monoisotopic (exact) mass is 411 g/mol. The van der Waals surface area contributed by atoms with E-state index in [0.29, 0.717) is 23.6 Å². The highest BCUT2D eigenvalue weighted by molar-refractivity contribution is 6.03. The Labute approximate surface area is 171 Å². The lowest BCUT2D eigenvalue weighted by Gasteiger charge is -2.13. The number of benzene rings is 1. The fraction of sp³-hybridized carbons (Fsp3) is 0.263. The van der Waals surface area contributed by atoms with Gasteiger partial charge in [0, 0.05) is 24.1 Å². The highest BCUT2D eigenvalue weighted by atomic mass is 16.6. The Bertz CT molecular complexity index is 1070. The summed E-state index contributed by atoms with van der Waals surface area (Å²) in [5.74, 6) is -1.06. The summed E-state index contributed by atoms with van der Waals surface area (Å²) in [6.45, 7) is 4.35. The lowest BCUT2D eigenvalue weighted by atomic mass is 10.1. The first-order chi connectivity index (χ1) is 14.4. The van der Waals surface area contributed by atoms with Crippen LogP contribution in [-0.4, -0.2) is 36.3 Å². The molecule has 0 radical (unpaired) electrons. The van der Waals surface area contributed by atoms with E-state index in [0.717, 1.165) is 6.20 Å². The number of nitro groups is 1. The van der Waals surface area contributed by atoms with E-state index in [9.17, 15) is 19.7 Å². The Balaban J connectivity index is 1.61. The summed E-state index contributed by atoms with van der Waals surface area (Å²) in [6.07, 6.45) is 3.98. The number of rotatable bonds is 8.